The molecule has 2 saturated heterocycles. The lowest BCUT2D eigenvalue weighted by atomic mass is 9.95. The summed E-state index contributed by atoms with van der Waals surface area (Å²) in [4.78, 5) is 14.6. The van der Waals surface area contributed by atoms with E-state index in [1.54, 1.807) is 13.2 Å². The van der Waals surface area contributed by atoms with Gasteiger partial charge in [0.25, 0.3) is 0 Å². The van der Waals surface area contributed by atoms with Gasteiger partial charge >= 0.3 is 0 Å². The number of methoxy groups -OCH3 is 1. The van der Waals surface area contributed by atoms with Crippen molar-refractivity contribution in [1.29, 1.82) is 0 Å². The zero-order valence-electron chi connectivity index (χ0n) is 14.9. The molecular weight excluding hydrogens is 320 g/mol. The highest BCUT2D eigenvalue weighted by atomic mass is 16.5. The van der Waals surface area contributed by atoms with E-state index in [0.29, 0.717) is 18.8 Å². The molecule has 1 aromatic rings. The minimum Gasteiger partial charge on any atom is -0.504 e. The lowest BCUT2D eigenvalue weighted by Crippen LogP contribution is -2.42. The predicted octanol–water partition coefficient (Wildman–Crippen LogP) is 1.91. The van der Waals surface area contributed by atoms with E-state index in [9.17, 15) is 9.90 Å². The van der Waals surface area contributed by atoms with Gasteiger partial charge in [0, 0.05) is 31.2 Å². The quantitative estimate of drug-likeness (QED) is 0.822. The molecule has 138 valence electrons. The number of nitrogens with zero attached hydrogens (tertiary/aromatic N) is 1. The fraction of sp³-hybridized carbons (Fsp3) is 0.632. The summed E-state index contributed by atoms with van der Waals surface area (Å²) in [7, 11) is 1.56. The van der Waals surface area contributed by atoms with Gasteiger partial charge in [-0.1, -0.05) is 12.1 Å². The summed E-state index contributed by atoms with van der Waals surface area (Å²) in [5, 5.41) is 13.2. The van der Waals surface area contributed by atoms with Crippen molar-refractivity contribution in [3.8, 4) is 11.5 Å². The number of para-hydroxylation sites is 1. The molecule has 0 aliphatic carbocycles. The van der Waals surface area contributed by atoms with E-state index in [1.807, 2.05) is 12.1 Å². The molecule has 6 nitrogen and oxygen atoms in total. The molecule has 1 atom stereocenters. The molecule has 0 bridgehead atoms. The van der Waals surface area contributed by atoms with Gasteiger partial charge in [0.1, 0.15) is 0 Å². The van der Waals surface area contributed by atoms with Gasteiger partial charge in [-0.15, -0.1) is 0 Å². The summed E-state index contributed by atoms with van der Waals surface area (Å²) in [5.41, 5.74) is 0.862. The minimum absolute atomic E-state index is 0.0801. The normalized spacial score (nSPS) is 22.0. The Morgan fingerprint density at radius 1 is 1.36 bits per heavy atom. The van der Waals surface area contributed by atoms with Crippen LogP contribution in [0.15, 0.2) is 18.2 Å². The van der Waals surface area contributed by atoms with Crippen molar-refractivity contribution in [3.63, 3.8) is 0 Å². The van der Waals surface area contributed by atoms with Gasteiger partial charge in [-0.25, -0.2) is 0 Å². The highest BCUT2D eigenvalue weighted by molar-refractivity contribution is 5.78. The highest BCUT2D eigenvalue weighted by Gasteiger charge is 2.26. The Morgan fingerprint density at radius 2 is 2.16 bits per heavy atom. The summed E-state index contributed by atoms with van der Waals surface area (Å²) in [5.74, 6) is 0.943. The molecule has 0 unspecified atom stereocenters. The maximum atomic E-state index is 12.3. The Hall–Kier alpha value is -1.79. The number of phenols is 1. The molecule has 1 amide bonds. The molecule has 2 heterocycles. The molecule has 2 N–H and O–H groups in total. The minimum atomic E-state index is 0.0801. The average molecular weight is 348 g/mol. The monoisotopic (exact) mass is 348 g/mol. The smallest absolute Gasteiger partial charge is 0.223 e. The molecule has 0 saturated carbocycles. The number of phenolic OH excluding ortho intramolecular Hbond substituents is 1. The van der Waals surface area contributed by atoms with Crippen molar-refractivity contribution in [3.05, 3.63) is 23.8 Å². The van der Waals surface area contributed by atoms with Gasteiger partial charge in [0.15, 0.2) is 11.5 Å². The maximum Gasteiger partial charge on any atom is 0.223 e. The molecule has 0 spiro atoms. The van der Waals surface area contributed by atoms with E-state index in [4.69, 9.17) is 9.47 Å². The number of piperidine rings is 1. The van der Waals surface area contributed by atoms with Crippen molar-refractivity contribution in [2.45, 2.75) is 38.3 Å². The number of hydrogen-bond donors (Lipinski definition) is 2. The summed E-state index contributed by atoms with van der Waals surface area (Å²) in [6.07, 6.45) is 4.03. The van der Waals surface area contributed by atoms with Gasteiger partial charge < -0.3 is 19.9 Å². The lowest BCUT2D eigenvalue weighted by molar-refractivity contribution is -0.127. The van der Waals surface area contributed by atoms with Gasteiger partial charge in [0.05, 0.1) is 13.2 Å². The number of hydrogen-bond acceptors (Lipinski definition) is 5. The SMILES string of the molecule is COc1cccc(CN2CCC(C(=O)NC[C@@H]3CCCO3)CC2)c1O. The first kappa shape index (κ1) is 18.0. The highest BCUT2D eigenvalue weighted by Crippen LogP contribution is 2.31. The molecule has 2 aliphatic rings. The second-order valence-electron chi connectivity index (χ2n) is 6.90. The molecule has 0 radical (unpaired) electrons. The molecule has 1 aromatic carbocycles. The number of amides is 1. The van der Waals surface area contributed by atoms with Crippen molar-refractivity contribution in [1.82, 2.24) is 10.2 Å². The van der Waals surface area contributed by atoms with E-state index in [1.165, 1.54) is 0 Å². The predicted molar refractivity (Wildman–Crippen MR) is 94.6 cm³/mol. The molecule has 25 heavy (non-hydrogen) atoms. The second-order valence-corrected chi connectivity index (χ2v) is 6.90. The molecule has 6 heteroatoms. The first-order chi connectivity index (χ1) is 12.2. The zero-order chi connectivity index (χ0) is 17.6. The Bertz CT molecular complexity index is 579. The van der Waals surface area contributed by atoms with Crippen LogP contribution in [-0.4, -0.2) is 55.4 Å². The molecular formula is C19H28N2O4. The summed E-state index contributed by atoms with van der Waals surface area (Å²) >= 11 is 0. The van der Waals surface area contributed by atoms with E-state index in [-0.39, 0.29) is 23.7 Å². The largest absolute Gasteiger partial charge is 0.504 e. The van der Waals surface area contributed by atoms with Crippen molar-refractivity contribution in [2.75, 3.05) is 33.4 Å². The Labute approximate surface area is 149 Å². The van der Waals surface area contributed by atoms with Gasteiger partial charge in [-0.3, -0.25) is 9.69 Å². The Morgan fingerprint density at radius 3 is 2.84 bits per heavy atom. The number of carbonyl (C=O) groups excluding carboxylic acids is 1. The number of likely N-dealkylation sites (tertiary alicyclic amines) is 1. The third-order valence-corrected chi connectivity index (χ3v) is 5.18. The molecule has 2 aliphatic heterocycles. The summed E-state index contributed by atoms with van der Waals surface area (Å²) in [6, 6.07) is 5.56. The first-order valence-corrected chi connectivity index (χ1v) is 9.14. The number of carbonyl (C=O) groups is 1. The second kappa shape index (κ2) is 8.54. The third-order valence-electron chi connectivity index (χ3n) is 5.18. The molecule has 0 aromatic heterocycles. The number of nitrogens with one attached hydrogen (secondary N) is 1. The number of benzene rings is 1. The van der Waals surface area contributed by atoms with Crippen LogP contribution in [0.5, 0.6) is 11.5 Å². The van der Waals surface area contributed by atoms with Crippen LogP contribution in [0.25, 0.3) is 0 Å². The van der Waals surface area contributed by atoms with Crippen molar-refractivity contribution in [2.24, 2.45) is 5.92 Å². The van der Waals surface area contributed by atoms with Gasteiger partial charge in [-0.2, -0.15) is 0 Å². The van der Waals surface area contributed by atoms with E-state index >= 15 is 0 Å². The van der Waals surface area contributed by atoms with Crippen LogP contribution in [0, 0.1) is 5.92 Å². The summed E-state index contributed by atoms with van der Waals surface area (Å²) < 4.78 is 10.7. The Kier molecular flexibility index (Phi) is 6.15. The van der Waals surface area contributed by atoms with Crippen LogP contribution >= 0.6 is 0 Å². The maximum absolute atomic E-state index is 12.3. The Balaban J connectivity index is 1.44. The van der Waals surface area contributed by atoms with Crippen LogP contribution in [0.3, 0.4) is 0 Å². The van der Waals surface area contributed by atoms with E-state index in [2.05, 4.69) is 10.2 Å². The van der Waals surface area contributed by atoms with E-state index in [0.717, 1.165) is 50.9 Å². The van der Waals surface area contributed by atoms with E-state index < -0.39 is 0 Å². The zero-order valence-corrected chi connectivity index (χ0v) is 14.9. The van der Waals surface area contributed by atoms with Crippen molar-refractivity contribution >= 4 is 5.91 Å². The standard InChI is InChI=1S/C19H28N2O4/c1-24-17-6-2-4-15(18(17)22)13-21-9-7-14(8-10-21)19(23)20-12-16-5-3-11-25-16/h2,4,6,14,16,22H,3,5,7-13H2,1H3,(H,20,23)/t16-/m0/s1. The fourth-order valence-electron chi connectivity index (χ4n) is 3.62. The first-order valence-electron chi connectivity index (χ1n) is 9.14. The summed E-state index contributed by atoms with van der Waals surface area (Å²) in [6.45, 7) is 3.84. The van der Waals surface area contributed by atoms with Gasteiger partial charge in [-0.05, 0) is 44.8 Å². The van der Waals surface area contributed by atoms with Crippen LogP contribution in [0.1, 0.15) is 31.2 Å². The van der Waals surface area contributed by atoms with Crippen LogP contribution in [0.4, 0.5) is 0 Å². The molecule has 3 rings (SSSR count). The topological polar surface area (TPSA) is 71.0 Å². The number of rotatable bonds is 6. The van der Waals surface area contributed by atoms with Crippen molar-refractivity contribution < 1.29 is 19.4 Å². The molecule has 2 fully saturated rings. The fourth-order valence-corrected chi connectivity index (χ4v) is 3.62. The van der Waals surface area contributed by atoms with Crippen LogP contribution in [0.2, 0.25) is 0 Å². The average Bonchev–Trinajstić information content (AvgIpc) is 3.16. The lowest BCUT2D eigenvalue weighted by Gasteiger charge is -2.31. The third kappa shape index (κ3) is 4.64. The van der Waals surface area contributed by atoms with Crippen LogP contribution < -0.4 is 10.1 Å². The number of ether oxygens (including phenoxy) is 2. The van der Waals surface area contributed by atoms with Crippen LogP contribution in [-0.2, 0) is 16.1 Å². The number of aromatic hydroxyl groups is 1. The van der Waals surface area contributed by atoms with Gasteiger partial charge in [0.2, 0.25) is 5.91 Å².